The lowest BCUT2D eigenvalue weighted by molar-refractivity contribution is 0.103. The standard InChI is InChI=1S/C33H42N2O2S/c1-2-3-4-5-6-11-22-37-29-14-8-7-13-27(29)32(36)25-16-18-30-28(23-25)31(33(34)38-30)24-15-17-26-12-9-10-20-35(26)21-19-24/h7-8,13-14,16,18-19,23,26H,2-6,9-12,15,17,20-22,34H2,1H3. The number of unbranched alkanes of at least 4 members (excludes halogenated alkanes) is 5. The van der Waals surface area contributed by atoms with Crippen molar-refractivity contribution in [3.63, 3.8) is 0 Å². The zero-order valence-electron chi connectivity index (χ0n) is 22.8. The normalized spacial score (nSPS) is 18.1. The van der Waals surface area contributed by atoms with Crippen LogP contribution >= 0.6 is 11.3 Å². The Morgan fingerprint density at radius 2 is 1.89 bits per heavy atom. The number of nitrogen functional groups attached to an aromatic ring is 1. The highest BCUT2D eigenvalue weighted by Gasteiger charge is 2.26. The number of para-hydroxylation sites is 1. The third-order valence-corrected chi connectivity index (χ3v) is 9.25. The molecule has 38 heavy (non-hydrogen) atoms. The van der Waals surface area contributed by atoms with Crippen LogP contribution in [0.15, 0.2) is 48.5 Å². The second kappa shape index (κ2) is 12.9. The van der Waals surface area contributed by atoms with Gasteiger partial charge in [0.25, 0.3) is 0 Å². The first-order valence-corrected chi connectivity index (χ1v) is 15.5. The van der Waals surface area contributed by atoms with E-state index in [9.17, 15) is 4.79 Å². The molecule has 4 nitrogen and oxygen atoms in total. The highest BCUT2D eigenvalue weighted by molar-refractivity contribution is 7.23. The van der Waals surface area contributed by atoms with Crippen LogP contribution in [0.4, 0.5) is 5.00 Å². The van der Waals surface area contributed by atoms with E-state index in [0.29, 0.717) is 29.5 Å². The molecule has 0 amide bonds. The lowest BCUT2D eigenvalue weighted by Gasteiger charge is -2.33. The summed E-state index contributed by atoms with van der Waals surface area (Å²) in [6, 6.07) is 14.4. The summed E-state index contributed by atoms with van der Waals surface area (Å²) in [5.41, 5.74) is 10.4. The molecule has 2 aromatic carbocycles. The first-order valence-electron chi connectivity index (χ1n) is 14.7. The quantitative estimate of drug-likeness (QED) is 0.199. The number of allylic oxidation sites excluding steroid dienone is 1. The van der Waals surface area contributed by atoms with Crippen molar-refractivity contribution >= 4 is 37.8 Å². The van der Waals surface area contributed by atoms with Gasteiger partial charge in [0.15, 0.2) is 5.78 Å². The van der Waals surface area contributed by atoms with Crippen molar-refractivity contribution in [3.05, 3.63) is 65.2 Å². The Kier molecular flexibility index (Phi) is 9.18. The van der Waals surface area contributed by atoms with E-state index in [4.69, 9.17) is 10.5 Å². The monoisotopic (exact) mass is 530 g/mol. The first kappa shape index (κ1) is 27.0. The smallest absolute Gasteiger partial charge is 0.196 e. The molecule has 1 atom stereocenters. The van der Waals surface area contributed by atoms with Gasteiger partial charge in [-0.15, -0.1) is 11.3 Å². The van der Waals surface area contributed by atoms with Crippen molar-refractivity contribution in [3.8, 4) is 5.75 Å². The molecule has 5 rings (SSSR count). The fraction of sp³-hybridized carbons (Fsp3) is 0.485. The van der Waals surface area contributed by atoms with Crippen molar-refractivity contribution in [2.45, 2.75) is 83.6 Å². The summed E-state index contributed by atoms with van der Waals surface area (Å²) in [4.78, 5) is 16.3. The Morgan fingerprint density at radius 1 is 1.05 bits per heavy atom. The fourth-order valence-electron chi connectivity index (χ4n) is 6.10. The molecule has 202 valence electrons. The Hall–Kier alpha value is -2.63. The van der Waals surface area contributed by atoms with E-state index in [1.165, 1.54) is 69.9 Å². The summed E-state index contributed by atoms with van der Waals surface area (Å²) >= 11 is 1.63. The molecule has 2 N–H and O–H groups in total. The van der Waals surface area contributed by atoms with Crippen molar-refractivity contribution < 1.29 is 9.53 Å². The fourth-order valence-corrected chi connectivity index (χ4v) is 7.08. The minimum absolute atomic E-state index is 0.00754. The highest BCUT2D eigenvalue weighted by atomic mass is 32.1. The number of ketones is 1. The lowest BCUT2D eigenvalue weighted by Crippen LogP contribution is -2.38. The van der Waals surface area contributed by atoms with Gasteiger partial charge in [-0.2, -0.15) is 0 Å². The summed E-state index contributed by atoms with van der Waals surface area (Å²) in [5, 5.41) is 1.97. The molecule has 2 aliphatic rings. The SMILES string of the molecule is CCCCCCCCOc1ccccc1C(=O)c1ccc2sc(N)c(C3=CCN4CCCCC4CC3)c2c1. The first-order chi connectivity index (χ1) is 18.7. The number of hydrogen-bond acceptors (Lipinski definition) is 5. The molecule has 0 bridgehead atoms. The summed E-state index contributed by atoms with van der Waals surface area (Å²) in [7, 11) is 0. The zero-order chi connectivity index (χ0) is 26.3. The molecule has 1 aromatic heterocycles. The third kappa shape index (κ3) is 6.16. The number of nitrogens with zero attached hydrogens (tertiary/aromatic N) is 1. The Bertz CT molecular complexity index is 1280. The van der Waals surface area contributed by atoms with E-state index in [0.717, 1.165) is 40.0 Å². The average molecular weight is 531 g/mol. The summed E-state index contributed by atoms with van der Waals surface area (Å²) in [6.45, 7) is 5.08. The number of ether oxygens (including phenoxy) is 1. The van der Waals surface area contributed by atoms with Crippen molar-refractivity contribution in [2.75, 3.05) is 25.4 Å². The van der Waals surface area contributed by atoms with Gasteiger partial charge >= 0.3 is 0 Å². The van der Waals surface area contributed by atoms with Gasteiger partial charge < -0.3 is 10.5 Å². The van der Waals surface area contributed by atoms with Crippen LogP contribution in [0.25, 0.3) is 15.7 Å². The second-order valence-corrected chi connectivity index (χ2v) is 12.0. The Balaban J connectivity index is 1.34. The van der Waals surface area contributed by atoms with E-state index in [-0.39, 0.29) is 5.78 Å². The zero-order valence-corrected chi connectivity index (χ0v) is 23.7. The number of benzene rings is 2. The predicted octanol–water partition coefficient (Wildman–Crippen LogP) is 8.49. The predicted molar refractivity (Wildman–Crippen MR) is 161 cm³/mol. The van der Waals surface area contributed by atoms with Gasteiger partial charge in [-0.1, -0.05) is 63.7 Å². The molecule has 2 aliphatic heterocycles. The van der Waals surface area contributed by atoms with Crippen LogP contribution in [-0.4, -0.2) is 36.4 Å². The van der Waals surface area contributed by atoms with Crippen LogP contribution in [0.1, 0.15) is 99.0 Å². The van der Waals surface area contributed by atoms with Gasteiger partial charge in [0.1, 0.15) is 5.75 Å². The molecule has 0 aliphatic carbocycles. The summed E-state index contributed by atoms with van der Waals surface area (Å²) in [5.74, 6) is 0.687. The molecule has 3 aromatic rings. The molecule has 1 fully saturated rings. The molecule has 1 saturated heterocycles. The number of piperidine rings is 1. The van der Waals surface area contributed by atoms with Crippen LogP contribution in [0.2, 0.25) is 0 Å². The summed E-state index contributed by atoms with van der Waals surface area (Å²) < 4.78 is 7.25. The average Bonchev–Trinajstić information content (AvgIpc) is 3.12. The molecule has 0 radical (unpaired) electrons. The van der Waals surface area contributed by atoms with Gasteiger partial charge in [0.2, 0.25) is 0 Å². The number of hydrogen-bond donors (Lipinski definition) is 1. The van der Waals surface area contributed by atoms with Crippen LogP contribution in [0.5, 0.6) is 5.75 Å². The van der Waals surface area contributed by atoms with Crippen molar-refractivity contribution in [2.24, 2.45) is 0 Å². The molecule has 5 heteroatoms. The largest absolute Gasteiger partial charge is 0.493 e. The van der Waals surface area contributed by atoms with Crippen LogP contribution in [-0.2, 0) is 0 Å². The number of thiophene rings is 1. The van der Waals surface area contributed by atoms with Crippen LogP contribution < -0.4 is 10.5 Å². The molecule has 0 saturated carbocycles. The maximum absolute atomic E-state index is 13.7. The van der Waals surface area contributed by atoms with E-state index < -0.39 is 0 Å². The maximum atomic E-state index is 13.7. The van der Waals surface area contributed by atoms with Gasteiger partial charge in [-0.05, 0) is 74.6 Å². The van der Waals surface area contributed by atoms with Crippen molar-refractivity contribution in [1.29, 1.82) is 0 Å². The number of carbonyl (C=O) groups excluding carboxylic acids is 1. The minimum atomic E-state index is 0.00754. The van der Waals surface area contributed by atoms with Gasteiger partial charge in [-0.3, -0.25) is 9.69 Å². The molecular formula is C33H42N2O2S. The number of fused-ring (bicyclic) bond motifs is 2. The molecular weight excluding hydrogens is 488 g/mol. The van der Waals surface area contributed by atoms with Gasteiger partial charge in [0.05, 0.1) is 17.2 Å². The summed E-state index contributed by atoms with van der Waals surface area (Å²) in [6.07, 6.45) is 15.9. The Labute approximate surface area is 231 Å². The number of carbonyl (C=O) groups is 1. The maximum Gasteiger partial charge on any atom is 0.196 e. The van der Waals surface area contributed by atoms with Gasteiger partial charge in [0, 0.05) is 33.8 Å². The second-order valence-electron chi connectivity index (χ2n) is 10.9. The topological polar surface area (TPSA) is 55.6 Å². The van der Waals surface area contributed by atoms with Crippen LogP contribution in [0.3, 0.4) is 0 Å². The van der Waals surface area contributed by atoms with E-state index >= 15 is 0 Å². The highest BCUT2D eigenvalue weighted by Crippen LogP contribution is 2.42. The van der Waals surface area contributed by atoms with E-state index in [1.807, 2.05) is 30.3 Å². The van der Waals surface area contributed by atoms with E-state index in [2.05, 4.69) is 30.0 Å². The molecule has 3 heterocycles. The van der Waals surface area contributed by atoms with Crippen molar-refractivity contribution in [1.82, 2.24) is 4.90 Å². The minimum Gasteiger partial charge on any atom is -0.493 e. The third-order valence-electron chi connectivity index (χ3n) is 8.25. The molecule has 0 spiro atoms. The Morgan fingerprint density at radius 3 is 2.79 bits per heavy atom. The lowest BCUT2D eigenvalue weighted by atomic mass is 9.94. The van der Waals surface area contributed by atoms with Crippen LogP contribution in [0, 0.1) is 0 Å². The molecule has 1 unspecified atom stereocenters. The van der Waals surface area contributed by atoms with Gasteiger partial charge in [-0.25, -0.2) is 0 Å². The number of anilines is 1. The number of nitrogens with two attached hydrogens (primary N) is 1. The number of rotatable bonds is 11. The van der Waals surface area contributed by atoms with E-state index in [1.54, 1.807) is 11.3 Å².